The summed E-state index contributed by atoms with van der Waals surface area (Å²) in [5.74, 6) is 0. The van der Waals surface area contributed by atoms with Crippen molar-refractivity contribution in [3.05, 3.63) is 260 Å². The minimum absolute atomic E-state index is 0.782. The molecular formula is C70H46N4. The molecule has 0 atom stereocenters. The molecule has 0 saturated carbocycles. The Kier molecular flexibility index (Phi) is 8.83. The predicted molar refractivity (Wildman–Crippen MR) is 313 cm³/mol. The van der Waals surface area contributed by atoms with Gasteiger partial charge in [-0.3, -0.25) is 0 Å². The first-order chi connectivity index (χ1) is 36.7. The smallest absolute Gasteiger partial charge is 0.0789 e. The van der Waals surface area contributed by atoms with Crippen LogP contribution in [0.2, 0.25) is 0 Å². The van der Waals surface area contributed by atoms with Gasteiger partial charge in [0.25, 0.3) is 0 Å². The van der Waals surface area contributed by atoms with E-state index < -0.39 is 0 Å². The molecule has 4 nitrogen and oxygen atoms in total. The van der Waals surface area contributed by atoms with Crippen LogP contribution in [0, 0.1) is 0 Å². The number of aromatic nitrogens is 4. The fraction of sp³-hybridized carbons (Fsp3) is 0.0286. The lowest BCUT2D eigenvalue weighted by atomic mass is 10.00. The predicted octanol–water partition coefficient (Wildman–Crippen LogP) is 18.3. The highest BCUT2D eigenvalue weighted by Crippen LogP contribution is 2.45. The van der Waals surface area contributed by atoms with Gasteiger partial charge in [0.15, 0.2) is 0 Å². The van der Waals surface area contributed by atoms with Crippen molar-refractivity contribution in [1.29, 1.82) is 0 Å². The van der Waals surface area contributed by atoms with Crippen molar-refractivity contribution in [2.24, 2.45) is 0 Å². The van der Waals surface area contributed by atoms with Crippen LogP contribution in [0.5, 0.6) is 0 Å². The zero-order valence-electron chi connectivity index (χ0n) is 40.5. The third kappa shape index (κ3) is 5.91. The highest BCUT2D eigenvalue weighted by Gasteiger charge is 2.24. The van der Waals surface area contributed by atoms with E-state index in [-0.39, 0.29) is 0 Å². The molecule has 16 rings (SSSR count). The lowest BCUT2D eigenvalue weighted by Gasteiger charge is -2.17. The minimum atomic E-state index is 0.782. The Morgan fingerprint density at radius 1 is 0.257 bits per heavy atom. The summed E-state index contributed by atoms with van der Waals surface area (Å²) in [5.41, 5.74) is 17.0. The quantitative estimate of drug-likeness (QED) is 0.152. The van der Waals surface area contributed by atoms with Crippen LogP contribution in [0.1, 0.15) is 5.56 Å². The topological polar surface area (TPSA) is 19.7 Å². The summed E-state index contributed by atoms with van der Waals surface area (Å²) in [6.07, 6.45) is 0.815. The van der Waals surface area contributed by atoms with Gasteiger partial charge in [-0.2, -0.15) is 0 Å². The van der Waals surface area contributed by atoms with Crippen LogP contribution < -0.4 is 0 Å². The number of hydrogen-bond acceptors (Lipinski definition) is 0. The molecule has 0 spiro atoms. The maximum atomic E-state index is 2.62. The molecule has 0 fully saturated rings. The number of hydrogen-bond donors (Lipinski definition) is 0. The molecule has 4 aromatic heterocycles. The first-order valence-corrected chi connectivity index (χ1v) is 25.8. The highest BCUT2D eigenvalue weighted by molar-refractivity contribution is 6.25. The summed E-state index contributed by atoms with van der Waals surface area (Å²) in [5, 5.41) is 14.9. The molecule has 0 amide bonds. The molecule has 0 N–H and O–H groups in total. The maximum absolute atomic E-state index is 2.62. The third-order valence-corrected chi connectivity index (χ3v) is 16.0. The van der Waals surface area contributed by atoms with Crippen molar-refractivity contribution in [2.45, 2.75) is 13.0 Å². The highest BCUT2D eigenvalue weighted by atomic mass is 15.1. The molecule has 346 valence electrons. The Hall–Kier alpha value is -9.64. The van der Waals surface area contributed by atoms with E-state index in [9.17, 15) is 0 Å². The summed E-state index contributed by atoms with van der Waals surface area (Å²) < 4.78 is 10.3. The number of benzene rings is 12. The van der Waals surface area contributed by atoms with Crippen molar-refractivity contribution in [3.8, 4) is 28.2 Å². The first kappa shape index (κ1) is 41.0. The first-order valence-electron chi connectivity index (χ1n) is 25.8. The maximum Gasteiger partial charge on any atom is 0.0789 e. The summed E-state index contributed by atoms with van der Waals surface area (Å²) in [4.78, 5) is 0. The van der Waals surface area contributed by atoms with Crippen LogP contribution in [0.3, 0.4) is 0 Å². The van der Waals surface area contributed by atoms with Gasteiger partial charge in [-0.1, -0.05) is 206 Å². The Morgan fingerprint density at radius 2 is 0.662 bits per heavy atom. The van der Waals surface area contributed by atoms with Gasteiger partial charge in [0.2, 0.25) is 0 Å². The van der Waals surface area contributed by atoms with E-state index in [1.165, 1.54) is 137 Å². The fourth-order valence-corrected chi connectivity index (χ4v) is 12.9. The zero-order valence-corrected chi connectivity index (χ0v) is 40.5. The zero-order chi connectivity index (χ0) is 48.4. The second kappa shape index (κ2) is 15.9. The molecule has 12 aromatic carbocycles. The summed E-state index contributed by atoms with van der Waals surface area (Å²) in [6, 6.07) is 94.6. The van der Waals surface area contributed by atoms with E-state index in [1.54, 1.807) is 0 Å². The van der Waals surface area contributed by atoms with Gasteiger partial charge in [0, 0.05) is 71.6 Å². The molecule has 0 aliphatic carbocycles. The Morgan fingerprint density at radius 3 is 1.22 bits per heavy atom. The van der Waals surface area contributed by atoms with Crippen LogP contribution in [-0.2, 0) is 13.0 Å². The summed E-state index contributed by atoms with van der Waals surface area (Å²) >= 11 is 0. The van der Waals surface area contributed by atoms with Gasteiger partial charge in [-0.15, -0.1) is 0 Å². The molecule has 0 saturated heterocycles. The Balaban J connectivity index is 0.955. The second-order valence-corrected chi connectivity index (χ2v) is 19.9. The number of para-hydroxylation sites is 4. The molecule has 16 aromatic rings. The molecule has 4 heterocycles. The van der Waals surface area contributed by atoms with E-state index >= 15 is 0 Å². The molecule has 0 aliphatic heterocycles. The van der Waals surface area contributed by atoms with Crippen LogP contribution in [-0.4, -0.2) is 18.3 Å². The molecule has 0 aliphatic rings. The van der Waals surface area contributed by atoms with Gasteiger partial charge in [0.05, 0.1) is 50.0 Å². The SMILES string of the molecule is c1ccc(-c2cc(CCn3c4ccccc4c4ccc5c6ccccc6n(-c6cccc7ccccc67)c5c43)cc(-n3c4ccccc4c4ccc5c6ccccc6n(-c6cccc7ccccc67)c5c43)c2)cc1. The van der Waals surface area contributed by atoms with E-state index in [0.29, 0.717) is 0 Å². The average Bonchev–Trinajstić information content (AvgIpc) is 4.25. The van der Waals surface area contributed by atoms with Gasteiger partial charge >= 0.3 is 0 Å². The molecule has 0 bridgehead atoms. The van der Waals surface area contributed by atoms with Gasteiger partial charge in [-0.05, 0) is 82.4 Å². The normalized spacial score (nSPS) is 12.2. The number of fused-ring (bicyclic) bond motifs is 16. The average molecular weight is 943 g/mol. The molecular weight excluding hydrogens is 897 g/mol. The van der Waals surface area contributed by atoms with Gasteiger partial charge in [-0.25, -0.2) is 0 Å². The fourth-order valence-electron chi connectivity index (χ4n) is 12.9. The van der Waals surface area contributed by atoms with Crippen molar-refractivity contribution in [2.75, 3.05) is 0 Å². The van der Waals surface area contributed by atoms with Gasteiger partial charge in [0.1, 0.15) is 0 Å². The van der Waals surface area contributed by atoms with Gasteiger partial charge < -0.3 is 18.3 Å². The largest absolute Gasteiger partial charge is 0.338 e. The number of aryl methyl sites for hydroxylation is 2. The van der Waals surface area contributed by atoms with Crippen molar-refractivity contribution in [3.63, 3.8) is 0 Å². The third-order valence-electron chi connectivity index (χ3n) is 16.0. The molecule has 4 heteroatoms. The molecule has 74 heavy (non-hydrogen) atoms. The van der Waals surface area contributed by atoms with Crippen LogP contribution in [0.4, 0.5) is 0 Å². The Labute approximate surface area is 426 Å². The monoisotopic (exact) mass is 942 g/mol. The van der Waals surface area contributed by atoms with Crippen LogP contribution >= 0.6 is 0 Å². The van der Waals surface area contributed by atoms with Crippen molar-refractivity contribution in [1.82, 2.24) is 18.3 Å². The van der Waals surface area contributed by atoms with Crippen LogP contribution in [0.15, 0.2) is 255 Å². The van der Waals surface area contributed by atoms with E-state index in [2.05, 4.69) is 273 Å². The minimum Gasteiger partial charge on any atom is -0.338 e. The summed E-state index contributed by atoms with van der Waals surface area (Å²) in [6.45, 7) is 0.782. The van der Waals surface area contributed by atoms with E-state index in [4.69, 9.17) is 0 Å². The lowest BCUT2D eigenvalue weighted by molar-refractivity contribution is 0.745. The van der Waals surface area contributed by atoms with E-state index in [0.717, 1.165) is 18.7 Å². The van der Waals surface area contributed by atoms with Crippen molar-refractivity contribution >= 4 is 109 Å². The summed E-state index contributed by atoms with van der Waals surface area (Å²) in [7, 11) is 0. The standard InChI is InChI=1S/C70H46N4/c1-2-18-46(19-3-1)49-42-45(40-41-71-61-30-12-8-26-53(61)57-36-37-58-55-28-10-14-32-65(55)73(68(58)67(57)71)62-34-16-22-47-20-4-6-24-51(47)62)43-50(44-49)72-64-31-13-9-27-54(64)59-38-39-60-56-29-11-15-33-66(56)74(70(60)69(59)72)63-35-17-23-48-21-5-7-25-52(48)63/h1-39,42-44H,40-41H2. The van der Waals surface area contributed by atoms with E-state index in [1.807, 2.05) is 0 Å². The second-order valence-electron chi connectivity index (χ2n) is 19.9. The molecule has 0 unspecified atom stereocenters. The lowest BCUT2D eigenvalue weighted by Crippen LogP contribution is -2.05. The van der Waals surface area contributed by atoms with Crippen LogP contribution in [0.25, 0.3) is 137 Å². The number of nitrogens with zero attached hydrogens (tertiary/aromatic N) is 4. The van der Waals surface area contributed by atoms with Crippen molar-refractivity contribution < 1.29 is 0 Å². The number of rotatable bonds is 7. The Bertz CT molecular complexity index is 4950. The molecule has 0 radical (unpaired) electrons.